The summed E-state index contributed by atoms with van der Waals surface area (Å²) in [5.41, 5.74) is 7.56. The van der Waals surface area contributed by atoms with Gasteiger partial charge in [0.15, 0.2) is 0 Å². The number of nitrogens with one attached hydrogen (secondary N) is 1. The Kier molecular flexibility index (Phi) is 19.1. The van der Waals surface area contributed by atoms with Crippen LogP contribution in [0.25, 0.3) is 10.4 Å². The molecule has 0 aromatic carbocycles. The maximum atomic E-state index is 13.2. The molecule has 1 aliphatic rings. The average Bonchev–Trinajstić information content (AvgIpc) is 3.41. The lowest BCUT2D eigenvalue weighted by Crippen LogP contribution is -2.34. The third-order valence-electron chi connectivity index (χ3n) is 7.91. The van der Waals surface area contributed by atoms with Crippen LogP contribution in [0.2, 0.25) is 0 Å². The molecule has 2 unspecified atom stereocenters. The van der Waals surface area contributed by atoms with Gasteiger partial charge in [0.25, 0.3) is 5.56 Å². The number of rotatable bonds is 24. The Morgan fingerprint density at radius 1 is 1.14 bits per heavy atom. The minimum absolute atomic E-state index is 0.0672. The second kappa shape index (κ2) is 21.9. The fraction of sp³-hybridized carbons (Fsp3) is 0.833. The quantitative estimate of drug-likeness (QED) is 0.0406. The van der Waals surface area contributed by atoms with Gasteiger partial charge in [-0.2, -0.15) is 11.8 Å². The van der Waals surface area contributed by atoms with E-state index in [2.05, 4.69) is 21.9 Å². The number of carbonyl (C=O) groups excluding carboxylic acids is 1. The maximum absolute atomic E-state index is 13.2. The zero-order valence-corrected chi connectivity index (χ0v) is 28.0. The monoisotopic (exact) mass is 641 g/mol. The van der Waals surface area contributed by atoms with E-state index in [0.717, 1.165) is 12.2 Å². The number of methoxy groups -OCH3 is 1. The molecule has 13 heteroatoms. The molecule has 2 rings (SSSR count). The summed E-state index contributed by atoms with van der Waals surface area (Å²) < 4.78 is 12.5. The summed E-state index contributed by atoms with van der Waals surface area (Å²) >= 11 is 1.76. The molecule has 0 bridgehead atoms. The van der Waals surface area contributed by atoms with Crippen LogP contribution in [0.1, 0.15) is 115 Å². The number of nitrogens with zero attached hydrogens (tertiary/aromatic N) is 4. The second-order valence-corrected chi connectivity index (χ2v) is 14.2. The zero-order chi connectivity index (χ0) is 31.5. The van der Waals surface area contributed by atoms with E-state index >= 15 is 0 Å². The van der Waals surface area contributed by atoms with Crippen molar-refractivity contribution in [2.75, 3.05) is 24.8 Å². The molecule has 43 heavy (non-hydrogen) atoms. The lowest BCUT2D eigenvalue weighted by molar-refractivity contribution is -0.124. The minimum Gasteiger partial charge on any atom is -0.380 e. The van der Waals surface area contributed by atoms with Crippen molar-refractivity contribution in [3.8, 4) is 0 Å². The molecule has 0 aliphatic carbocycles. The first-order valence-corrected chi connectivity index (χ1v) is 18.6. The molecule has 0 saturated carbocycles. The Labute approximate surface area is 261 Å². The van der Waals surface area contributed by atoms with E-state index in [1.807, 2.05) is 0 Å². The Hall–Kier alpha value is -1.68. The summed E-state index contributed by atoms with van der Waals surface area (Å²) in [6.07, 6.45) is 17.8. The second-order valence-electron chi connectivity index (χ2n) is 11.4. The number of thioether (sulfide) groups is 1. The van der Waals surface area contributed by atoms with Gasteiger partial charge in [-0.1, -0.05) is 95.5 Å². The third-order valence-corrected chi connectivity index (χ3v) is 10.6. The highest BCUT2D eigenvalue weighted by Crippen LogP contribution is 2.41. The summed E-state index contributed by atoms with van der Waals surface area (Å²) in [4.78, 5) is 53.0. The number of hydrogen-bond acceptors (Lipinski definition) is 8. The van der Waals surface area contributed by atoms with Crippen LogP contribution in [0.5, 0.6) is 0 Å². The van der Waals surface area contributed by atoms with Crippen molar-refractivity contribution in [3.05, 3.63) is 43.0 Å². The van der Waals surface area contributed by atoms with Crippen molar-refractivity contribution >= 4 is 25.4 Å². The highest BCUT2D eigenvalue weighted by atomic mass is 32.2. The summed E-state index contributed by atoms with van der Waals surface area (Å²) in [5, 5.41) is 3.69. The minimum atomic E-state index is -2.12. The van der Waals surface area contributed by atoms with Crippen LogP contribution in [-0.4, -0.2) is 63.0 Å². The van der Waals surface area contributed by atoms with Gasteiger partial charge >= 0.3 is 5.69 Å². The van der Waals surface area contributed by atoms with E-state index in [4.69, 9.17) is 15.0 Å². The first-order valence-electron chi connectivity index (χ1n) is 15.9. The lowest BCUT2D eigenvalue weighted by atomic mass is 10.0. The molecule has 244 valence electrons. The predicted molar refractivity (Wildman–Crippen MR) is 175 cm³/mol. The van der Waals surface area contributed by atoms with Crippen LogP contribution < -0.4 is 11.2 Å². The fourth-order valence-corrected chi connectivity index (χ4v) is 7.90. The van der Waals surface area contributed by atoms with Gasteiger partial charge in [-0.05, 0) is 24.6 Å². The molecular formula is C30H52N5O6PS. The molecule has 1 aromatic heterocycles. The molecule has 0 radical (unpaired) electrons. The molecule has 0 amide bonds. The first kappa shape index (κ1) is 37.5. The number of hydrogen-bond donors (Lipinski definition) is 2. The van der Waals surface area contributed by atoms with Gasteiger partial charge < -0.3 is 14.4 Å². The predicted octanol–water partition coefficient (Wildman–Crippen LogP) is 6.96. The smallest absolute Gasteiger partial charge is 0.330 e. The van der Waals surface area contributed by atoms with Crippen LogP contribution in [-0.2, 0) is 14.3 Å². The van der Waals surface area contributed by atoms with Crippen molar-refractivity contribution in [1.29, 1.82) is 0 Å². The highest BCUT2D eigenvalue weighted by molar-refractivity contribution is 7.99. The number of unbranched alkanes of at least 4 members (excludes halogenated alkanes) is 13. The molecule has 1 aliphatic heterocycles. The number of azide groups is 1. The van der Waals surface area contributed by atoms with Gasteiger partial charge in [0, 0.05) is 42.1 Å². The summed E-state index contributed by atoms with van der Waals surface area (Å²) in [5.74, 6) is 1.68. The standard InChI is InChI=1S/C30H52N5O6PS/c1-4-5-6-7-8-9-10-11-12-13-14-15-16-17-18-43-22-24(40-3)21-42(39)29(37)27-25(33-34-31)19-26(41-27)35-20-23(2)28(36)32-30(35)38/h20,24-27,39H,4-19,21-22H2,1-3H3,(H,32,36,38)/t24?,25-,26+,27-,42?/m0/s1. The largest absolute Gasteiger partial charge is 0.380 e. The molecule has 1 fully saturated rings. The first-order chi connectivity index (χ1) is 20.8. The van der Waals surface area contributed by atoms with Crippen LogP contribution in [0.15, 0.2) is 20.9 Å². The highest BCUT2D eigenvalue weighted by Gasteiger charge is 2.43. The van der Waals surface area contributed by atoms with Crippen molar-refractivity contribution in [3.63, 3.8) is 0 Å². The molecule has 2 heterocycles. The summed E-state index contributed by atoms with van der Waals surface area (Å²) in [6, 6.07) is -0.880. The maximum Gasteiger partial charge on any atom is 0.330 e. The van der Waals surface area contributed by atoms with Gasteiger partial charge in [0.2, 0.25) is 5.52 Å². The third kappa shape index (κ3) is 13.9. The SMILES string of the molecule is CCCCCCCCCCCCCCCCSCC(CP(O)C(=O)[C@H]1O[C@@H](n2cc(C)c(=O)[nH]c2=O)C[C@@H]1N=[N+]=[N-])OC. The van der Waals surface area contributed by atoms with E-state index in [9.17, 15) is 19.3 Å². The van der Waals surface area contributed by atoms with Crippen molar-refractivity contribution in [2.45, 2.75) is 135 Å². The molecule has 5 atom stereocenters. The van der Waals surface area contributed by atoms with Gasteiger partial charge in [0.05, 0.1) is 20.3 Å². The van der Waals surface area contributed by atoms with Gasteiger partial charge in [-0.15, -0.1) is 0 Å². The lowest BCUT2D eigenvalue weighted by Gasteiger charge is -2.21. The number of ether oxygens (including phenoxy) is 2. The Bertz CT molecular complexity index is 1110. The summed E-state index contributed by atoms with van der Waals surface area (Å²) in [7, 11) is -0.547. The average molecular weight is 642 g/mol. The van der Waals surface area contributed by atoms with Gasteiger partial charge in [-0.3, -0.25) is 19.1 Å². The van der Waals surface area contributed by atoms with Crippen molar-refractivity contribution in [2.24, 2.45) is 5.11 Å². The van der Waals surface area contributed by atoms with Crippen LogP contribution in [0, 0.1) is 6.92 Å². The molecular weight excluding hydrogens is 589 g/mol. The number of H-pyrrole nitrogens is 1. The number of aromatic amines is 1. The Morgan fingerprint density at radius 3 is 2.28 bits per heavy atom. The van der Waals surface area contributed by atoms with E-state index in [1.165, 1.54) is 94.2 Å². The molecule has 1 saturated heterocycles. The molecule has 1 aromatic rings. The van der Waals surface area contributed by atoms with Crippen LogP contribution in [0.3, 0.4) is 0 Å². The van der Waals surface area contributed by atoms with E-state index in [-0.39, 0.29) is 18.7 Å². The number of carbonyl (C=O) groups is 1. The number of aromatic nitrogens is 2. The normalized spacial score (nSPS) is 19.7. The van der Waals surface area contributed by atoms with Gasteiger partial charge in [0.1, 0.15) is 12.3 Å². The van der Waals surface area contributed by atoms with E-state index in [1.54, 1.807) is 25.8 Å². The molecule has 0 spiro atoms. The molecule has 11 nitrogen and oxygen atoms in total. The topological polar surface area (TPSA) is 159 Å². The van der Waals surface area contributed by atoms with Crippen molar-refractivity contribution < 1.29 is 19.2 Å². The van der Waals surface area contributed by atoms with E-state index in [0.29, 0.717) is 11.3 Å². The van der Waals surface area contributed by atoms with Gasteiger partial charge in [-0.25, -0.2) is 4.79 Å². The Balaban J connectivity index is 1.65. The van der Waals surface area contributed by atoms with Crippen LogP contribution >= 0.6 is 19.9 Å². The Morgan fingerprint density at radius 2 is 1.72 bits per heavy atom. The van der Waals surface area contributed by atoms with Crippen molar-refractivity contribution in [1.82, 2.24) is 9.55 Å². The molecule has 2 N–H and O–H groups in total. The number of aryl methyl sites for hydroxylation is 1. The zero-order valence-electron chi connectivity index (χ0n) is 26.2. The van der Waals surface area contributed by atoms with Crippen LogP contribution in [0.4, 0.5) is 0 Å². The fourth-order valence-electron chi connectivity index (χ4n) is 5.26. The van der Waals surface area contributed by atoms with E-state index < -0.39 is 43.3 Å². The summed E-state index contributed by atoms with van der Waals surface area (Å²) in [6.45, 7) is 3.81.